The Morgan fingerprint density at radius 3 is 1.72 bits per heavy atom. The van der Waals surface area contributed by atoms with E-state index in [2.05, 4.69) is 16.0 Å². The number of ether oxygens (including phenoxy) is 9. The highest BCUT2D eigenvalue weighted by Gasteiger charge is 2.46. The number of carbonyl (C=O) groups is 13. The van der Waals surface area contributed by atoms with Crippen molar-refractivity contribution in [1.82, 2.24) is 35.1 Å². The van der Waals surface area contributed by atoms with Gasteiger partial charge in [0.05, 0.1) is 124 Å². The number of thioether (sulfide) groups is 2. The minimum absolute atomic E-state index is 0.00312. The molecule has 0 aromatic heterocycles. The summed E-state index contributed by atoms with van der Waals surface area (Å²) >= 11 is 2.02. The number of Topliss-reactive ketones (excluding diaryl/α,β-unsaturated/α-hetero) is 3. The van der Waals surface area contributed by atoms with Crippen LogP contribution < -0.4 is 31.3 Å². The molecule has 3 saturated heterocycles. The molecule has 0 spiro atoms. The Kier molecular flexibility index (Phi) is 44.0. The van der Waals surface area contributed by atoms with Gasteiger partial charge in [-0.05, 0) is 139 Å². The van der Waals surface area contributed by atoms with Gasteiger partial charge in [0.25, 0.3) is 23.6 Å². The van der Waals surface area contributed by atoms with Gasteiger partial charge in [0, 0.05) is 137 Å². The molecule has 9 rings (SSSR count). The summed E-state index contributed by atoms with van der Waals surface area (Å²) in [5.74, 6) is -9.18. The molecule has 0 bridgehead atoms. The molecule has 6 N–H and O–H groups in total. The van der Waals surface area contributed by atoms with Crippen molar-refractivity contribution in [3.8, 4) is 5.75 Å². The van der Waals surface area contributed by atoms with Crippen LogP contribution in [0.5, 0.6) is 5.75 Å². The zero-order valence-electron chi connectivity index (χ0n) is 81.2. The highest BCUT2D eigenvalue weighted by atomic mass is 32.2. The normalized spacial score (nSPS) is 17.1. The van der Waals surface area contributed by atoms with Gasteiger partial charge in [-0.25, -0.2) is 18.9 Å². The summed E-state index contributed by atoms with van der Waals surface area (Å²) in [4.78, 5) is 190. The second-order valence-corrected chi connectivity index (χ2v) is 38.3. The van der Waals surface area contributed by atoms with E-state index in [1.165, 1.54) is 31.2 Å². The van der Waals surface area contributed by atoms with E-state index in [1.807, 2.05) is 71.9 Å². The fourth-order valence-electron chi connectivity index (χ4n) is 17.5. The maximum absolute atomic E-state index is 16.2. The van der Waals surface area contributed by atoms with Gasteiger partial charge in [0.2, 0.25) is 23.6 Å². The summed E-state index contributed by atoms with van der Waals surface area (Å²) in [5, 5.41) is 19.2. The first-order chi connectivity index (χ1) is 65.5. The van der Waals surface area contributed by atoms with Crippen molar-refractivity contribution < 1.29 is 114 Å². The standard InChI is InChI=1S/C101H137FN10O23S2/c1-15-65(8)89(84(127-13)59-86(117)111-40-20-24-80(111)91(128-14)67(10)81(113)55-66(9)90(118)69-21-17-16-18-22-69)107(11)97(122)77(62(2)3)58-83(115)88(64(6)7)108(12)101(126)135-60-68-25-31-73(32-26-68)105-94(119)72(23-19-39-104-100(103)125)56-82(114)87(63(4)5)106-85(116)61-133-52-51-131-49-50-132-53-54-134-74-33-38-79(78(102)57-74)112-98(123)92(136-75-34-27-70(28-35-75)95(120)109-41-45-129-46-42-109)93(99(112)124)137-76-36-29-71(30-37-76)96(121)110-43-47-130-48-44-110/h16-18,21-22,25-38,57,62-67,72,77,80,84,87-91,118H,15,19-20,23-24,39-56,58-61H2,1-14H3,(H,105,119)(H,106,116)(H3,103,104,125)/t65?,66-,67-,72+,77-,80-,84+,87-,88-,89-,90+,91+/m0/s1. The lowest BCUT2D eigenvalue weighted by molar-refractivity contribution is -0.149. The zero-order valence-corrected chi connectivity index (χ0v) is 82.8. The SMILES string of the molecule is CCC(C)[C@@H]([C@@H](CC(=O)N1CCC[C@H]1[C@H](OC)[C@@H](C)C(=O)C[C@H](C)[C@@H](O)c1ccccc1)OC)N(C)C(=O)[C@@H](CC(=O)[C@H](C(C)C)N(C)C(=O)OCc1ccc(NC(=O)[C@H](CCCNC(N)=O)CC(=O)[C@@H](NC(=O)COCCOCCOCCOc2ccc(N3C(=O)C(Sc4ccc(C(=O)N5CCOCC5)cc4)=C(Sc4ccc(C(=O)N5CCOCC5)cc4)C3=O)c(F)c2)C(C)C)cc1)C(C)C. The summed E-state index contributed by atoms with van der Waals surface area (Å²) in [7, 11) is 6.21. The Hall–Kier alpha value is -10.5. The predicted molar refractivity (Wildman–Crippen MR) is 515 cm³/mol. The van der Waals surface area contributed by atoms with E-state index in [0.29, 0.717) is 111 Å². The Bertz CT molecular complexity index is 4810. The average molecular weight is 1940 g/mol. The number of benzene rings is 5. The Labute approximate surface area is 811 Å². The molecule has 5 aromatic carbocycles. The maximum atomic E-state index is 16.2. The summed E-state index contributed by atoms with van der Waals surface area (Å²) in [6, 6.07) is 29.0. The fourth-order valence-corrected chi connectivity index (χ4v) is 19.5. The highest BCUT2D eigenvalue weighted by Crippen LogP contribution is 2.46. The van der Waals surface area contributed by atoms with E-state index >= 15 is 4.39 Å². The number of primary amides is 1. The Balaban J connectivity index is 0.696. The minimum Gasteiger partial charge on any atom is -0.491 e. The van der Waals surface area contributed by atoms with Crippen LogP contribution in [0.4, 0.5) is 25.4 Å². The monoisotopic (exact) mass is 1940 g/mol. The smallest absolute Gasteiger partial charge is 0.410 e. The lowest BCUT2D eigenvalue weighted by atomic mass is 9.83. The molecule has 3 fully saturated rings. The van der Waals surface area contributed by atoms with Crippen molar-refractivity contribution in [3.05, 3.63) is 159 Å². The third-order valence-electron chi connectivity index (χ3n) is 25.4. The van der Waals surface area contributed by atoms with Crippen LogP contribution in [0.2, 0.25) is 0 Å². The van der Waals surface area contributed by atoms with E-state index in [0.717, 1.165) is 40.1 Å². The number of ketones is 3. The van der Waals surface area contributed by atoms with Gasteiger partial charge in [0.15, 0.2) is 17.4 Å². The Morgan fingerprint density at radius 1 is 0.620 bits per heavy atom. The number of nitrogens with two attached hydrogens (primary N) is 1. The van der Waals surface area contributed by atoms with Crippen LogP contribution in [0, 0.1) is 53.2 Å². The van der Waals surface area contributed by atoms with E-state index in [1.54, 1.807) is 134 Å². The minimum atomic E-state index is -1.01. The molecule has 12 atom stereocenters. The first kappa shape index (κ1) is 110. The number of aliphatic hydroxyl groups is 1. The van der Waals surface area contributed by atoms with Crippen molar-refractivity contribution in [3.63, 3.8) is 0 Å². The number of imide groups is 1. The third-order valence-corrected chi connectivity index (χ3v) is 27.7. The van der Waals surface area contributed by atoms with Gasteiger partial charge < -0.3 is 93.9 Å². The second-order valence-electron chi connectivity index (χ2n) is 36.1. The quantitative estimate of drug-likeness (QED) is 0.0178. The van der Waals surface area contributed by atoms with Crippen molar-refractivity contribution >= 4 is 112 Å². The van der Waals surface area contributed by atoms with Gasteiger partial charge in [-0.2, -0.15) is 0 Å². The van der Waals surface area contributed by atoms with E-state index in [9.17, 15) is 67.4 Å². The number of nitrogens with zero attached hydrogens (tertiary/aromatic N) is 6. The van der Waals surface area contributed by atoms with Gasteiger partial charge >= 0.3 is 12.1 Å². The molecular weight excluding hydrogens is 1800 g/mol. The number of anilines is 2. The Morgan fingerprint density at radius 2 is 1.19 bits per heavy atom. The second kappa shape index (κ2) is 54.7. The fraction of sp³-hybridized carbons (Fsp3) is 0.554. The van der Waals surface area contributed by atoms with Crippen molar-refractivity contribution in [1.29, 1.82) is 0 Å². The van der Waals surface area contributed by atoms with E-state index in [-0.39, 0.29) is 166 Å². The van der Waals surface area contributed by atoms with Gasteiger partial charge in [-0.15, -0.1) is 0 Å². The molecule has 33 nitrogen and oxygen atoms in total. The van der Waals surface area contributed by atoms with Crippen LogP contribution >= 0.6 is 23.5 Å². The molecule has 5 aromatic rings. The zero-order chi connectivity index (χ0) is 99.7. The number of rotatable bonds is 54. The first-order valence-corrected chi connectivity index (χ1v) is 48.8. The summed E-state index contributed by atoms with van der Waals surface area (Å²) < 4.78 is 67.6. The number of hydrogen-bond donors (Lipinski definition) is 5. The number of aliphatic hydroxyl groups excluding tert-OH is 1. The average Bonchev–Trinajstić information content (AvgIpc) is 1.61. The topological polar surface area (TPSA) is 407 Å². The summed E-state index contributed by atoms with van der Waals surface area (Å²) in [6.45, 7) is 22.3. The molecule has 36 heteroatoms. The summed E-state index contributed by atoms with van der Waals surface area (Å²) in [6.07, 6.45) is -1.10. The number of hydrogen-bond acceptors (Lipinski definition) is 25. The number of morpholine rings is 2. The molecular formula is C101H137FN10O23S2. The molecule has 11 amide bonds. The first-order valence-electron chi connectivity index (χ1n) is 47.2. The number of likely N-dealkylation sites (tertiary alicyclic amines) is 1. The molecule has 0 radical (unpaired) electrons. The number of amides is 11. The van der Waals surface area contributed by atoms with Crippen molar-refractivity contribution in [2.75, 3.05) is 150 Å². The van der Waals surface area contributed by atoms with Crippen molar-refractivity contribution in [2.24, 2.45) is 53.1 Å². The molecule has 0 saturated carbocycles. The number of nitrogens with one attached hydrogen (secondary N) is 3. The van der Waals surface area contributed by atoms with Crippen LogP contribution in [-0.2, 0) is 87.7 Å². The van der Waals surface area contributed by atoms with E-state index in [4.69, 9.17) is 48.4 Å². The molecule has 4 aliphatic heterocycles. The number of carbonyl (C=O) groups excluding carboxylic acids is 13. The van der Waals surface area contributed by atoms with Crippen LogP contribution in [0.15, 0.2) is 141 Å². The predicted octanol–water partition coefficient (Wildman–Crippen LogP) is 11.7. The largest absolute Gasteiger partial charge is 0.491 e. The lowest BCUT2D eigenvalue weighted by Gasteiger charge is -2.41. The highest BCUT2D eigenvalue weighted by molar-refractivity contribution is 8.08. The number of halogens is 1. The van der Waals surface area contributed by atoms with Gasteiger partial charge in [-0.1, -0.05) is 142 Å². The molecule has 4 aliphatic rings. The number of methoxy groups -OCH3 is 2. The molecule has 1 unspecified atom stereocenters. The van der Waals surface area contributed by atoms with Crippen LogP contribution in [0.1, 0.15) is 165 Å². The van der Waals surface area contributed by atoms with Crippen molar-refractivity contribution in [2.45, 2.75) is 186 Å². The molecule has 4 heterocycles. The van der Waals surface area contributed by atoms with Gasteiger partial charge in [0.1, 0.15) is 31.4 Å². The maximum Gasteiger partial charge on any atom is 0.410 e. The van der Waals surface area contributed by atoms with Crippen LogP contribution in [-0.4, -0.2) is 283 Å². The molecule has 137 heavy (non-hydrogen) atoms. The lowest BCUT2D eigenvalue weighted by Crippen LogP contribution is -2.54. The third kappa shape index (κ3) is 31.5. The molecule has 748 valence electrons. The van der Waals surface area contributed by atoms with Crippen LogP contribution in [0.3, 0.4) is 0 Å². The summed E-state index contributed by atoms with van der Waals surface area (Å²) in [5.41, 5.74) is 7.50. The number of likely N-dealkylation sites (N-methyl/N-ethyl adjacent to an activating group) is 2. The van der Waals surface area contributed by atoms with E-state index < -0.39 is 126 Å². The number of urea groups is 1. The molecule has 0 aliphatic carbocycles. The van der Waals surface area contributed by atoms with Gasteiger partial charge in [-0.3, -0.25) is 52.7 Å². The van der Waals surface area contributed by atoms with Crippen LogP contribution in [0.25, 0.3) is 0 Å².